The third kappa shape index (κ3) is 2.55. The Labute approximate surface area is 104 Å². The van der Waals surface area contributed by atoms with Gasteiger partial charge in [0, 0.05) is 19.1 Å². The molecule has 1 aromatic carbocycles. The number of methoxy groups -OCH3 is 1. The number of anilines is 1. The smallest absolute Gasteiger partial charge is 0.142 e. The first kappa shape index (κ1) is 12.2. The van der Waals surface area contributed by atoms with Gasteiger partial charge in [-0.2, -0.15) is 0 Å². The fourth-order valence-corrected chi connectivity index (χ4v) is 2.43. The van der Waals surface area contributed by atoms with E-state index in [0.29, 0.717) is 12.0 Å². The molecule has 1 aromatic rings. The molecule has 3 heteroatoms. The summed E-state index contributed by atoms with van der Waals surface area (Å²) >= 11 is 0. The average Bonchev–Trinajstić information content (AvgIpc) is 2.32. The van der Waals surface area contributed by atoms with Crippen molar-refractivity contribution in [3.05, 3.63) is 23.8 Å². The predicted octanol–water partition coefficient (Wildman–Crippen LogP) is 2.18. The Bertz CT molecular complexity index is 392. The van der Waals surface area contributed by atoms with Crippen LogP contribution in [-0.4, -0.2) is 26.2 Å². The number of nitrogens with zero attached hydrogens (tertiary/aromatic N) is 1. The van der Waals surface area contributed by atoms with Gasteiger partial charge in [0.15, 0.2) is 0 Å². The summed E-state index contributed by atoms with van der Waals surface area (Å²) in [4.78, 5) is 2.39. The lowest BCUT2D eigenvalue weighted by atomic mass is 9.94. The summed E-state index contributed by atoms with van der Waals surface area (Å²) in [5.41, 5.74) is 8.53. The van der Waals surface area contributed by atoms with Gasteiger partial charge in [-0.15, -0.1) is 0 Å². The zero-order chi connectivity index (χ0) is 12.4. The third-order valence-electron chi connectivity index (χ3n) is 3.65. The number of hydrogen-bond acceptors (Lipinski definition) is 3. The van der Waals surface area contributed by atoms with Crippen LogP contribution in [0.5, 0.6) is 5.75 Å². The van der Waals surface area contributed by atoms with E-state index in [1.807, 2.05) is 6.07 Å². The topological polar surface area (TPSA) is 38.5 Å². The molecule has 3 nitrogen and oxygen atoms in total. The number of aryl methyl sites for hydroxylation is 1. The van der Waals surface area contributed by atoms with Crippen molar-refractivity contribution in [1.82, 2.24) is 0 Å². The summed E-state index contributed by atoms with van der Waals surface area (Å²) in [7, 11) is 1.73. The average molecular weight is 234 g/mol. The van der Waals surface area contributed by atoms with Crippen LogP contribution in [0.2, 0.25) is 0 Å². The summed E-state index contributed by atoms with van der Waals surface area (Å²) < 4.78 is 5.44. The zero-order valence-electron chi connectivity index (χ0n) is 10.9. The van der Waals surface area contributed by atoms with Crippen LogP contribution in [0.1, 0.15) is 18.9 Å². The molecule has 2 rings (SSSR count). The summed E-state index contributed by atoms with van der Waals surface area (Å²) in [5.74, 6) is 1.49. The lowest BCUT2D eigenvalue weighted by Gasteiger charge is -2.37. The Morgan fingerprint density at radius 3 is 2.82 bits per heavy atom. The first-order valence-corrected chi connectivity index (χ1v) is 6.27. The number of rotatable bonds is 2. The number of nitrogens with two attached hydrogens (primary N) is 1. The summed E-state index contributed by atoms with van der Waals surface area (Å²) in [6.45, 7) is 6.37. The van der Waals surface area contributed by atoms with Crippen LogP contribution in [0.15, 0.2) is 18.2 Å². The second kappa shape index (κ2) is 4.96. The molecule has 1 fully saturated rings. The molecular formula is C14H22N2O. The van der Waals surface area contributed by atoms with Gasteiger partial charge in [0.05, 0.1) is 12.8 Å². The van der Waals surface area contributed by atoms with E-state index in [9.17, 15) is 0 Å². The van der Waals surface area contributed by atoms with E-state index in [1.54, 1.807) is 7.11 Å². The van der Waals surface area contributed by atoms with Crippen LogP contribution in [-0.2, 0) is 0 Å². The van der Waals surface area contributed by atoms with Crippen LogP contribution >= 0.6 is 0 Å². The van der Waals surface area contributed by atoms with Gasteiger partial charge in [-0.05, 0) is 37.0 Å². The molecule has 0 radical (unpaired) electrons. The first-order chi connectivity index (χ1) is 8.11. The highest BCUT2D eigenvalue weighted by molar-refractivity contribution is 5.60. The molecule has 1 aliphatic rings. The van der Waals surface area contributed by atoms with Gasteiger partial charge in [0.2, 0.25) is 0 Å². The van der Waals surface area contributed by atoms with Gasteiger partial charge < -0.3 is 15.4 Å². The minimum Gasteiger partial charge on any atom is -0.495 e. The fourth-order valence-electron chi connectivity index (χ4n) is 2.43. The van der Waals surface area contributed by atoms with Crippen molar-refractivity contribution in [2.24, 2.45) is 11.7 Å². The van der Waals surface area contributed by atoms with E-state index >= 15 is 0 Å². The zero-order valence-corrected chi connectivity index (χ0v) is 10.9. The second-order valence-electron chi connectivity index (χ2n) is 5.05. The highest BCUT2D eigenvalue weighted by atomic mass is 16.5. The van der Waals surface area contributed by atoms with Crippen LogP contribution in [0.4, 0.5) is 5.69 Å². The Balaban J connectivity index is 2.24. The molecule has 1 aliphatic heterocycles. The minimum absolute atomic E-state index is 0.335. The molecule has 0 bridgehead atoms. The molecule has 0 aliphatic carbocycles. The van der Waals surface area contributed by atoms with Crippen LogP contribution in [0.3, 0.4) is 0 Å². The van der Waals surface area contributed by atoms with Gasteiger partial charge in [-0.25, -0.2) is 0 Å². The Morgan fingerprint density at radius 1 is 1.41 bits per heavy atom. The van der Waals surface area contributed by atoms with E-state index in [4.69, 9.17) is 10.5 Å². The predicted molar refractivity (Wildman–Crippen MR) is 71.7 cm³/mol. The third-order valence-corrected chi connectivity index (χ3v) is 3.65. The first-order valence-electron chi connectivity index (χ1n) is 6.27. The van der Waals surface area contributed by atoms with E-state index in [0.717, 1.165) is 25.3 Å². The summed E-state index contributed by atoms with van der Waals surface area (Å²) in [6.07, 6.45) is 1.05. The molecule has 1 saturated heterocycles. The molecule has 0 saturated carbocycles. The SMILES string of the molecule is COc1ccc(C)cc1N1CCC(N)C(C)C1. The molecule has 1 heterocycles. The maximum Gasteiger partial charge on any atom is 0.142 e. The Morgan fingerprint density at radius 2 is 2.18 bits per heavy atom. The van der Waals surface area contributed by atoms with E-state index < -0.39 is 0 Å². The molecule has 2 atom stereocenters. The van der Waals surface area contributed by atoms with Crippen LogP contribution in [0, 0.1) is 12.8 Å². The van der Waals surface area contributed by atoms with Gasteiger partial charge in [0.1, 0.15) is 5.75 Å². The van der Waals surface area contributed by atoms with Crippen molar-refractivity contribution in [2.75, 3.05) is 25.1 Å². The van der Waals surface area contributed by atoms with Crippen molar-refractivity contribution in [1.29, 1.82) is 0 Å². The second-order valence-corrected chi connectivity index (χ2v) is 5.05. The lowest BCUT2D eigenvalue weighted by molar-refractivity contribution is 0.374. The van der Waals surface area contributed by atoms with Crippen molar-refractivity contribution in [2.45, 2.75) is 26.3 Å². The summed E-state index contributed by atoms with van der Waals surface area (Å²) in [6, 6.07) is 6.66. The van der Waals surface area contributed by atoms with E-state index in [1.165, 1.54) is 11.3 Å². The van der Waals surface area contributed by atoms with Gasteiger partial charge in [-0.1, -0.05) is 13.0 Å². The molecule has 2 N–H and O–H groups in total. The molecule has 0 aromatic heterocycles. The molecule has 17 heavy (non-hydrogen) atoms. The van der Waals surface area contributed by atoms with Crippen LogP contribution < -0.4 is 15.4 Å². The Hall–Kier alpha value is -1.22. The number of hydrogen-bond donors (Lipinski definition) is 1. The highest BCUT2D eigenvalue weighted by Crippen LogP contribution is 2.32. The number of benzene rings is 1. The quantitative estimate of drug-likeness (QED) is 0.852. The lowest BCUT2D eigenvalue weighted by Crippen LogP contribution is -2.46. The maximum atomic E-state index is 6.06. The maximum absolute atomic E-state index is 6.06. The highest BCUT2D eigenvalue weighted by Gasteiger charge is 2.24. The minimum atomic E-state index is 0.335. The van der Waals surface area contributed by atoms with Crippen molar-refractivity contribution < 1.29 is 4.74 Å². The number of ether oxygens (including phenoxy) is 1. The standard InChI is InChI=1S/C14H22N2O/c1-10-4-5-14(17-3)13(8-10)16-7-6-12(15)11(2)9-16/h4-5,8,11-12H,6-7,9,15H2,1-3H3. The van der Waals surface area contributed by atoms with Gasteiger partial charge >= 0.3 is 0 Å². The molecular weight excluding hydrogens is 212 g/mol. The van der Waals surface area contributed by atoms with E-state index in [2.05, 4.69) is 30.9 Å². The number of piperidine rings is 1. The normalized spacial score (nSPS) is 24.8. The molecule has 0 spiro atoms. The molecule has 0 amide bonds. The van der Waals surface area contributed by atoms with Gasteiger partial charge in [-0.3, -0.25) is 0 Å². The van der Waals surface area contributed by atoms with Crippen molar-refractivity contribution in [3.8, 4) is 5.75 Å². The monoisotopic (exact) mass is 234 g/mol. The Kier molecular flexibility index (Phi) is 3.57. The van der Waals surface area contributed by atoms with Crippen LogP contribution in [0.25, 0.3) is 0 Å². The van der Waals surface area contributed by atoms with Crippen molar-refractivity contribution >= 4 is 5.69 Å². The largest absolute Gasteiger partial charge is 0.495 e. The fraction of sp³-hybridized carbons (Fsp3) is 0.571. The molecule has 94 valence electrons. The summed E-state index contributed by atoms with van der Waals surface area (Å²) in [5, 5.41) is 0. The van der Waals surface area contributed by atoms with Gasteiger partial charge in [0.25, 0.3) is 0 Å². The van der Waals surface area contributed by atoms with Crippen molar-refractivity contribution in [3.63, 3.8) is 0 Å². The molecule has 2 unspecified atom stereocenters. The van der Waals surface area contributed by atoms with E-state index in [-0.39, 0.29) is 0 Å².